The van der Waals surface area contributed by atoms with Gasteiger partial charge in [-0.05, 0) is 62.4 Å². The first-order valence-corrected chi connectivity index (χ1v) is 7.76. The third kappa shape index (κ3) is 3.71. The van der Waals surface area contributed by atoms with Crippen molar-refractivity contribution < 1.29 is 0 Å². The average molecular weight is 279 g/mol. The molecule has 19 heavy (non-hydrogen) atoms. The third-order valence-corrected chi connectivity index (χ3v) is 4.58. The molecule has 2 fully saturated rings. The molecule has 1 aliphatic carbocycles. The van der Waals surface area contributed by atoms with Gasteiger partial charge in [-0.1, -0.05) is 23.7 Å². The van der Waals surface area contributed by atoms with Crippen LogP contribution in [-0.4, -0.2) is 37.6 Å². The van der Waals surface area contributed by atoms with Gasteiger partial charge in [-0.2, -0.15) is 0 Å². The number of likely N-dealkylation sites (tertiary alicyclic amines) is 1. The summed E-state index contributed by atoms with van der Waals surface area (Å²) < 4.78 is 0. The lowest BCUT2D eigenvalue weighted by molar-refractivity contribution is 0.204. The first kappa shape index (κ1) is 13.4. The van der Waals surface area contributed by atoms with Crippen LogP contribution in [0.25, 0.3) is 0 Å². The van der Waals surface area contributed by atoms with Gasteiger partial charge in [0.05, 0.1) is 0 Å². The van der Waals surface area contributed by atoms with Crippen LogP contribution in [0.2, 0.25) is 5.02 Å². The minimum absolute atomic E-state index is 0.606. The molecule has 1 N–H and O–H groups in total. The van der Waals surface area contributed by atoms with E-state index in [1.807, 2.05) is 6.07 Å². The lowest BCUT2D eigenvalue weighted by atomic mass is 9.88. The van der Waals surface area contributed by atoms with Crippen molar-refractivity contribution in [1.29, 1.82) is 0 Å². The Balaban J connectivity index is 1.63. The van der Waals surface area contributed by atoms with Crippen LogP contribution in [0.4, 0.5) is 0 Å². The number of benzene rings is 1. The monoisotopic (exact) mass is 278 g/mol. The molecule has 3 rings (SSSR count). The first-order chi connectivity index (χ1) is 9.20. The zero-order chi connectivity index (χ0) is 13.2. The maximum absolute atomic E-state index is 6.12. The van der Waals surface area contributed by atoms with Crippen LogP contribution in [0.15, 0.2) is 24.3 Å². The van der Waals surface area contributed by atoms with Crippen molar-refractivity contribution in [3.05, 3.63) is 34.9 Å². The van der Waals surface area contributed by atoms with Gasteiger partial charge in [0.1, 0.15) is 0 Å². The number of rotatable bonds is 4. The summed E-state index contributed by atoms with van der Waals surface area (Å²) in [5.41, 5.74) is 1.39. The Bertz CT molecular complexity index is 431. The van der Waals surface area contributed by atoms with Crippen molar-refractivity contribution >= 4 is 11.6 Å². The zero-order valence-corrected chi connectivity index (χ0v) is 12.4. The van der Waals surface area contributed by atoms with E-state index >= 15 is 0 Å². The second-order valence-corrected chi connectivity index (χ2v) is 6.69. The van der Waals surface area contributed by atoms with Crippen molar-refractivity contribution in [2.24, 2.45) is 5.92 Å². The minimum atomic E-state index is 0.606. The maximum atomic E-state index is 6.12. The van der Waals surface area contributed by atoms with Crippen LogP contribution in [0, 0.1) is 5.92 Å². The molecule has 2 atom stereocenters. The highest BCUT2D eigenvalue weighted by molar-refractivity contribution is 6.30. The Hall–Kier alpha value is -0.570. The molecule has 0 radical (unpaired) electrons. The van der Waals surface area contributed by atoms with E-state index in [9.17, 15) is 0 Å². The Morgan fingerprint density at radius 2 is 2.16 bits per heavy atom. The predicted molar refractivity (Wildman–Crippen MR) is 80.8 cm³/mol. The summed E-state index contributed by atoms with van der Waals surface area (Å²) in [7, 11) is 2.22. The third-order valence-electron chi connectivity index (χ3n) is 4.35. The van der Waals surface area contributed by atoms with Crippen molar-refractivity contribution in [3.8, 4) is 0 Å². The molecule has 2 aliphatic rings. The van der Waals surface area contributed by atoms with Crippen molar-refractivity contribution in [1.82, 2.24) is 10.2 Å². The van der Waals surface area contributed by atoms with E-state index in [0.29, 0.717) is 12.0 Å². The quantitative estimate of drug-likeness (QED) is 0.910. The molecule has 1 aromatic rings. The van der Waals surface area contributed by atoms with Crippen LogP contribution in [-0.2, 0) is 0 Å². The number of hydrogen-bond donors (Lipinski definition) is 1. The predicted octanol–water partition coefficient (Wildman–Crippen LogP) is 3.13. The van der Waals surface area contributed by atoms with Crippen molar-refractivity contribution in [3.63, 3.8) is 0 Å². The molecule has 0 amide bonds. The molecular weight excluding hydrogens is 256 g/mol. The summed E-state index contributed by atoms with van der Waals surface area (Å²) in [6, 6.07) is 9.00. The molecule has 2 nitrogen and oxygen atoms in total. The standard InChI is InChI=1S/C16H23ClN2/c1-19-10-14(13-3-2-4-15(17)7-13)8-16(11-19)18-9-12-5-6-12/h2-4,7,12,14,16,18H,5-6,8-11H2,1H3. The smallest absolute Gasteiger partial charge is 0.0408 e. The Morgan fingerprint density at radius 1 is 1.32 bits per heavy atom. The fraction of sp³-hybridized carbons (Fsp3) is 0.625. The van der Waals surface area contributed by atoms with Crippen LogP contribution >= 0.6 is 11.6 Å². The fourth-order valence-electron chi connectivity index (χ4n) is 3.12. The summed E-state index contributed by atoms with van der Waals surface area (Å²) in [6.45, 7) is 3.52. The normalized spacial score (nSPS) is 28.5. The van der Waals surface area contributed by atoms with Crippen LogP contribution < -0.4 is 5.32 Å². The minimum Gasteiger partial charge on any atom is -0.312 e. The summed E-state index contributed by atoms with van der Waals surface area (Å²) in [6.07, 6.45) is 4.08. The van der Waals surface area contributed by atoms with Gasteiger partial charge in [0.2, 0.25) is 0 Å². The Morgan fingerprint density at radius 3 is 2.89 bits per heavy atom. The van der Waals surface area contributed by atoms with Gasteiger partial charge >= 0.3 is 0 Å². The molecule has 0 aromatic heterocycles. The number of piperidine rings is 1. The fourth-order valence-corrected chi connectivity index (χ4v) is 3.32. The first-order valence-electron chi connectivity index (χ1n) is 7.38. The van der Waals surface area contributed by atoms with Crippen molar-refractivity contribution in [2.75, 3.05) is 26.7 Å². The zero-order valence-electron chi connectivity index (χ0n) is 11.6. The van der Waals surface area contributed by atoms with Crippen LogP contribution in [0.3, 0.4) is 0 Å². The summed E-state index contributed by atoms with van der Waals surface area (Å²) >= 11 is 6.12. The number of hydrogen-bond acceptors (Lipinski definition) is 2. The molecule has 1 heterocycles. The van der Waals surface area contributed by atoms with Crippen LogP contribution in [0.5, 0.6) is 0 Å². The Kier molecular flexibility index (Phi) is 4.11. The topological polar surface area (TPSA) is 15.3 Å². The van der Waals surface area contributed by atoms with Gasteiger partial charge in [-0.25, -0.2) is 0 Å². The molecule has 1 saturated carbocycles. The highest BCUT2D eigenvalue weighted by Crippen LogP contribution is 2.30. The van der Waals surface area contributed by atoms with E-state index in [2.05, 4.69) is 35.5 Å². The van der Waals surface area contributed by atoms with E-state index in [1.165, 1.54) is 37.9 Å². The highest BCUT2D eigenvalue weighted by atomic mass is 35.5. The molecule has 104 valence electrons. The largest absolute Gasteiger partial charge is 0.312 e. The molecule has 1 saturated heterocycles. The number of nitrogens with one attached hydrogen (secondary N) is 1. The molecule has 1 aromatic carbocycles. The maximum Gasteiger partial charge on any atom is 0.0408 e. The van der Waals surface area contributed by atoms with E-state index < -0.39 is 0 Å². The second kappa shape index (κ2) is 5.82. The molecular formula is C16H23ClN2. The number of nitrogens with zero attached hydrogens (tertiary/aromatic N) is 1. The lowest BCUT2D eigenvalue weighted by Gasteiger charge is -2.36. The van der Waals surface area contributed by atoms with E-state index in [4.69, 9.17) is 11.6 Å². The van der Waals surface area contributed by atoms with Gasteiger partial charge in [0, 0.05) is 24.2 Å². The molecule has 3 heteroatoms. The molecule has 0 spiro atoms. The molecule has 0 bridgehead atoms. The van der Waals surface area contributed by atoms with Gasteiger partial charge in [0.15, 0.2) is 0 Å². The van der Waals surface area contributed by atoms with E-state index in [1.54, 1.807) is 0 Å². The van der Waals surface area contributed by atoms with Gasteiger partial charge in [0.25, 0.3) is 0 Å². The van der Waals surface area contributed by atoms with E-state index in [-0.39, 0.29) is 0 Å². The summed E-state index contributed by atoms with van der Waals surface area (Å²) in [5, 5.41) is 4.61. The molecule has 2 unspecified atom stereocenters. The molecule has 1 aliphatic heterocycles. The van der Waals surface area contributed by atoms with Gasteiger partial charge in [-0.15, -0.1) is 0 Å². The van der Waals surface area contributed by atoms with Crippen LogP contribution in [0.1, 0.15) is 30.7 Å². The highest BCUT2D eigenvalue weighted by Gasteiger charge is 2.28. The SMILES string of the molecule is CN1CC(NCC2CC2)CC(c2cccc(Cl)c2)C1. The number of halogens is 1. The van der Waals surface area contributed by atoms with Gasteiger partial charge in [-0.3, -0.25) is 0 Å². The average Bonchev–Trinajstić information content (AvgIpc) is 3.20. The van der Waals surface area contributed by atoms with Gasteiger partial charge < -0.3 is 10.2 Å². The second-order valence-electron chi connectivity index (χ2n) is 6.26. The van der Waals surface area contributed by atoms with E-state index in [0.717, 1.165) is 17.5 Å². The number of likely N-dealkylation sites (N-methyl/N-ethyl adjacent to an activating group) is 1. The summed E-state index contributed by atoms with van der Waals surface area (Å²) in [5.74, 6) is 1.56. The Labute approximate surface area is 121 Å². The lowest BCUT2D eigenvalue weighted by Crippen LogP contribution is -2.47. The summed E-state index contributed by atoms with van der Waals surface area (Å²) in [4.78, 5) is 2.44. The van der Waals surface area contributed by atoms with Crippen molar-refractivity contribution in [2.45, 2.75) is 31.2 Å².